The highest BCUT2D eigenvalue weighted by Crippen LogP contribution is 2.16. The van der Waals surface area contributed by atoms with Crippen LogP contribution in [0.3, 0.4) is 0 Å². The molecule has 0 N–H and O–H groups in total. The van der Waals surface area contributed by atoms with Gasteiger partial charge < -0.3 is 9.30 Å². The first-order chi connectivity index (χ1) is 8.94. The van der Waals surface area contributed by atoms with Crippen LogP contribution in [0.4, 0.5) is 0 Å². The van der Waals surface area contributed by atoms with Crippen molar-refractivity contribution in [1.82, 2.24) is 9.55 Å². The molecular formula is C15H18N2O2. The zero-order valence-corrected chi connectivity index (χ0v) is 11.5. The van der Waals surface area contributed by atoms with Gasteiger partial charge in [-0.15, -0.1) is 0 Å². The normalized spacial score (nSPS) is 11.3. The zero-order chi connectivity index (χ0) is 13.9. The number of rotatable bonds is 3. The Morgan fingerprint density at radius 1 is 1.26 bits per heavy atom. The summed E-state index contributed by atoms with van der Waals surface area (Å²) >= 11 is 0. The third-order valence-corrected chi connectivity index (χ3v) is 2.43. The van der Waals surface area contributed by atoms with E-state index in [0.29, 0.717) is 0 Å². The highest BCUT2D eigenvalue weighted by Gasteiger charge is 2.16. The van der Waals surface area contributed by atoms with Crippen LogP contribution in [0, 0.1) is 0 Å². The second-order valence-corrected chi connectivity index (χ2v) is 5.38. The first kappa shape index (κ1) is 13.3. The standard InChI is InChI=1S/C15H18N2O2/c1-15(2,3)19-14(18)10-17-9-13(16-11-17)12-7-5-4-6-8-12/h4-9,11H,10H2,1-3H3. The fourth-order valence-corrected chi connectivity index (χ4v) is 1.73. The fourth-order valence-electron chi connectivity index (χ4n) is 1.73. The van der Waals surface area contributed by atoms with Crippen molar-refractivity contribution >= 4 is 5.97 Å². The van der Waals surface area contributed by atoms with E-state index in [1.807, 2.05) is 57.3 Å². The Morgan fingerprint density at radius 3 is 2.58 bits per heavy atom. The third-order valence-electron chi connectivity index (χ3n) is 2.43. The highest BCUT2D eigenvalue weighted by atomic mass is 16.6. The number of ether oxygens (including phenoxy) is 1. The molecule has 2 rings (SSSR count). The zero-order valence-electron chi connectivity index (χ0n) is 11.5. The smallest absolute Gasteiger partial charge is 0.326 e. The van der Waals surface area contributed by atoms with Crippen LogP contribution in [0.15, 0.2) is 42.9 Å². The molecule has 4 heteroatoms. The summed E-state index contributed by atoms with van der Waals surface area (Å²) in [5, 5.41) is 0. The van der Waals surface area contributed by atoms with Crippen LogP contribution in [-0.2, 0) is 16.1 Å². The number of nitrogens with zero attached hydrogens (tertiary/aromatic N) is 2. The summed E-state index contributed by atoms with van der Waals surface area (Å²) in [7, 11) is 0. The van der Waals surface area contributed by atoms with Crippen molar-refractivity contribution in [1.29, 1.82) is 0 Å². The van der Waals surface area contributed by atoms with Crippen molar-refractivity contribution in [2.24, 2.45) is 0 Å². The van der Waals surface area contributed by atoms with E-state index in [-0.39, 0.29) is 12.5 Å². The van der Waals surface area contributed by atoms with E-state index < -0.39 is 5.60 Å². The van der Waals surface area contributed by atoms with Crippen molar-refractivity contribution in [3.63, 3.8) is 0 Å². The topological polar surface area (TPSA) is 44.1 Å². The Bertz CT molecular complexity index is 553. The lowest BCUT2D eigenvalue weighted by Gasteiger charge is -2.19. The minimum Gasteiger partial charge on any atom is -0.459 e. The van der Waals surface area contributed by atoms with Gasteiger partial charge in [0.15, 0.2) is 0 Å². The van der Waals surface area contributed by atoms with Gasteiger partial charge in [-0.2, -0.15) is 0 Å². The minimum absolute atomic E-state index is 0.178. The SMILES string of the molecule is CC(C)(C)OC(=O)Cn1cnc(-c2ccccc2)c1. The largest absolute Gasteiger partial charge is 0.459 e. The van der Waals surface area contributed by atoms with E-state index in [1.165, 1.54) is 0 Å². The van der Waals surface area contributed by atoms with Gasteiger partial charge in [0.2, 0.25) is 0 Å². The summed E-state index contributed by atoms with van der Waals surface area (Å²) in [6.45, 7) is 5.74. The van der Waals surface area contributed by atoms with E-state index in [1.54, 1.807) is 10.9 Å². The van der Waals surface area contributed by atoms with Crippen LogP contribution in [0.2, 0.25) is 0 Å². The molecule has 1 heterocycles. The summed E-state index contributed by atoms with van der Waals surface area (Å²) < 4.78 is 7.00. The molecule has 0 spiro atoms. The molecule has 0 amide bonds. The molecule has 0 radical (unpaired) electrons. The van der Waals surface area contributed by atoms with Gasteiger partial charge in [0.05, 0.1) is 12.0 Å². The average molecular weight is 258 g/mol. The summed E-state index contributed by atoms with van der Waals surface area (Å²) in [6.07, 6.45) is 3.49. The van der Waals surface area contributed by atoms with Crippen LogP contribution >= 0.6 is 0 Å². The number of carbonyl (C=O) groups is 1. The van der Waals surface area contributed by atoms with E-state index in [9.17, 15) is 4.79 Å². The van der Waals surface area contributed by atoms with Gasteiger partial charge in [-0.05, 0) is 20.8 Å². The Morgan fingerprint density at radius 2 is 1.95 bits per heavy atom. The number of carbonyl (C=O) groups excluding carboxylic acids is 1. The van der Waals surface area contributed by atoms with Crippen molar-refractivity contribution in [3.05, 3.63) is 42.9 Å². The van der Waals surface area contributed by atoms with Gasteiger partial charge in [0, 0.05) is 11.8 Å². The van der Waals surface area contributed by atoms with Crippen LogP contribution in [-0.4, -0.2) is 21.1 Å². The lowest BCUT2D eigenvalue weighted by atomic mass is 10.2. The maximum absolute atomic E-state index is 11.7. The van der Waals surface area contributed by atoms with E-state index >= 15 is 0 Å². The highest BCUT2D eigenvalue weighted by molar-refractivity contribution is 5.70. The second kappa shape index (κ2) is 5.26. The molecule has 0 aliphatic heterocycles. The molecule has 0 atom stereocenters. The van der Waals surface area contributed by atoms with Crippen LogP contribution in [0.5, 0.6) is 0 Å². The Labute approximate surface area is 113 Å². The summed E-state index contributed by atoms with van der Waals surface area (Å²) in [6, 6.07) is 9.85. The molecule has 0 fully saturated rings. The Kier molecular flexibility index (Phi) is 3.69. The van der Waals surface area contributed by atoms with E-state index in [0.717, 1.165) is 11.3 Å². The summed E-state index contributed by atoms with van der Waals surface area (Å²) in [5.74, 6) is -0.260. The molecule has 0 aliphatic rings. The lowest BCUT2D eigenvalue weighted by Crippen LogP contribution is -2.26. The molecule has 1 aromatic carbocycles. The van der Waals surface area contributed by atoms with Crippen LogP contribution in [0.1, 0.15) is 20.8 Å². The molecule has 0 saturated carbocycles. The predicted molar refractivity (Wildman–Crippen MR) is 73.5 cm³/mol. The molecule has 1 aromatic heterocycles. The molecule has 0 unspecified atom stereocenters. The van der Waals surface area contributed by atoms with E-state index in [2.05, 4.69) is 4.98 Å². The van der Waals surface area contributed by atoms with Crippen molar-refractivity contribution in [2.45, 2.75) is 32.9 Å². The molecule has 100 valence electrons. The monoisotopic (exact) mass is 258 g/mol. The summed E-state index contributed by atoms with van der Waals surface area (Å²) in [4.78, 5) is 16.0. The quantitative estimate of drug-likeness (QED) is 0.795. The number of aromatic nitrogens is 2. The molecule has 2 aromatic rings. The minimum atomic E-state index is -0.458. The van der Waals surface area contributed by atoms with Gasteiger partial charge in [0.1, 0.15) is 12.1 Å². The lowest BCUT2D eigenvalue weighted by molar-refractivity contribution is -0.155. The summed E-state index contributed by atoms with van der Waals surface area (Å²) in [5.41, 5.74) is 1.43. The predicted octanol–water partition coefficient (Wildman–Crippen LogP) is 2.89. The Hall–Kier alpha value is -2.10. The van der Waals surface area contributed by atoms with Crippen LogP contribution < -0.4 is 0 Å². The van der Waals surface area contributed by atoms with Gasteiger partial charge in [-0.3, -0.25) is 4.79 Å². The van der Waals surface area contributed by atoms with Crippen molar-refractivity contribution in [3.8, 4) is 11.3 Å². The maximum atomic E-state index is 11.7. The van der Waals surface area contributed by atoms with Crippen molar-refractivity contribution in [2.75, 3.05) is 0 Å². The van der Waals surface area contributed by atoms with E-state index in [4.69, 9.17) is 4.74 Å². The van der Waals surface area contributed by atoms with Gasteiger partial charge in [0.25, 0.3) is 0 Å². The molecule has 19 heavy (non-hydrogen) atoms. The first-order valence-electron chi connectivity index (χ1n) is 6.23. The average Bonchev–Trinajstić information content (AvgIpc) is 2.76. The maximum Gasteiger partial charge on any atom is 0.326 e. The van der Waals surface area contributed by atoms with Crippen LogP contribution in [0.25, 0.3) is 11.3 Å². The molecule has 0 saturated heterocycles. The number of hydrogen-bond donors (Lipinski definition) is 0. The van der Waals surface area contributed by atoms with Gasteiger partial charge in [-0.1, -0.05) is 30.3 Å². The van der Waals surface area contributed by atoms with Gasteiger partial charge in [-0.25, -0.2) is 4.98 Å². The molecule has 4 nitrogen and oxygen atoms in total. The second-order valence-electron chi connectivity index (χ2n) is 5.38. The molecule has 0 bridgehead atoms. The fraction of sp³-hybridized carbons (Fsp3) is 0.333. The first-order valence-corrected chi connectivity index (χ1v) is 6.23. The third kappa shape index (κ3) is 3.95. The van der Waals surface area contributed by atoms with Crippen molar-refractivity contribution < 1.29 is 9.53 Å². The number of esters is 1. The molecular weight excluding hydrogens is 240 g/mol. The molecule has 0 aliphatic carbocycles. The number of benzene rings is 1. The number of imidazole rings is 1. The van der Waals surface area contributed by atoms with Gasteiger partial charge >= 0.3 is 5.97 Å². The Balaban J connectivity index is 2.04. The number of hydrogen-bond acceptors (Lipinski definition) is 3.